The van der Waals surface area contributed by atoms with Gasteiger partial charge in [-0.15, -0.1) is 0 Å². The Morgan fingerprint density at radius 1 is 1.28 bits per heavy atom. The second kappa shape index (κ2) is 7.05. The average Bonchev–Trinajstić information content (AvgIpc) is 3.05. The van der Waals surface area contributed by atoms with Crippen molar-refractivity contribution in [1.82, 2.24) is 9.55 Å². The first-order valence-electron chi connectivity index (χ1n) is 7.70. The maximum atomic E-state index is 13.9. The molecule has 0 aliphatic rings. The molecule has 0 fully saturated rings. The second-order valence-corrected chi connectivity index (χ2v) is 5.52. The van der Waals surface area contributed by atoms with Crippen LogP contribution in [0.2, 0.25) is 0 Å². The summed E-state index contributed by atoms with van der Waals surface area (Å²) < 4.78 is 21.1. The lowest BCUT2D eigenvalue weighted by atomic mass is 10.0. The number of halogens is 1. The third kappa shape index (κ3) is 3.31. The summed E-state index contributed by atoms with van der Waals surface area (Å²) >= 11 is 0. The van der Waals surface area contributed by atoms with Gasteiger partial charge >= 0.3 is 0 Å². The molecular weight excluding hydrogens is 319 g/mol. The summed E-state index contributed by atoms with van der Waals surface area (Å²) in [5, 5.41) is 12.5. The number of imidazole rings is 1. The normalized spacial score (nSPS) is 11.6. The van der Waals surface area contributed by atoms with Gasteiger partial charge in [0.1, 0.15) is 35.1 Å². The Bertz CT molecular complexity index is 929. The smallest absolute Gasteiger partial charge is 0.143 e. The minimum atomic E-state index is -0.559. The van der Waals surface area contributed by atoms with Crippen molar-refractivity contribution in [3.05, 3.63) is 77.6 Å². The van der Waals surface area contributed by atoms with E-state index in [1.54, 1.807) is 25.4 Å². The number of ether oxygens (including phenoxy) is 1. The van der Waals surface area contributed by atoms with Crippen LogP contribution in [0, 0.1) is 17.1 Å². The standard InChI is InChI=1S/C19H17FN4O/c1-24-10-9-22-19(24)18(13-5-3-6-14(11-13)25-2)23-17-8-4-7-16(20)15(17)12-21/h3-11,18,23H,1-2H3. The molecule has 2 aromatic carbocycles. The molecule has 6 heteroatoms. The fourth-order valence-electron chi connectivity index (χ4n) is 2.69. The minimum Gasteiger partial charge on any atom is -0.497 e. The third-order valence-electron chi connectivity index (χ3n) is 3.97. The summed E-state index contributed by atoms with van der Waals surface area (Å²) in [4.78, 5) is 4.41. The van der Waals surface area contributed by atoms with Crippen LogP contribution in [-0.4, -0.2) is 16.7 Å². The molecule has 0 bridgehead atoms. The van der Waals surface area contributed by atoms with Crippen LogP contribution in [0.15, 0.2) is 54.9 Å². The molecule has 5 nitrogen and oxygen atoms in total. The van der Waals surface area contributed by atoms with E-state index in [1.165, 1.54) is 6.07 Å². The van der Waals surface area contributed by atoms with Crippen LogP contribution < -0.4 is 10.1 Å². The highest BCUT2D eigenvalue weighted by molar-refractivity contribution is 5.60. The molecule has 1 unspecified atom stereocenters. The van der Waals surface area contributed by atoms with Crippen molar-refractivity contribution in [3.8, 4) is 11.8 Å². The minimum absolute atomic E-state index is 0.0235. The first-order chi connectivity index (χ1) is 12.1. The zero-order chi connectivity index (χ0) is 17.8. The predicted octanol–water partition coefficient (Wildman–Crippen LogP) is 3.64. The van der Waals surface area contributed by atoms with Crippen LogP contribution >= 0.6 is 0 Å². The van der Waals surface area contributed by atoms with Gasteiger partial charge in [0, 0.05) is 19.4 Å². The first-order valence-corrected chi connectivity index (χ1v) is 7.70. The zero-order valence-corrected chi connectivity index (χ0v) is 13.9. The molecule has 0 radical (unpaired) electrons. The van der Waals surface area contributed by atoms with Crippen LogP contribution in [-0.2, 0) is 7.05 Å². The van der Waals surface area contributed by atoms with E-state index in [1.807, 2.05) is 48.1 Å². The van der Waals surface area contributed by atoms with Gasteiger partial charge in [0.25, 0.3) is 0 Å². The quantitative estimate of drug-likeness (QED) is 0.773. The van der Waals surface area contributed by atoms with E-state index in [2.05, 4.69) is 10.3 Å². The van der Waals surface area contributed by atoms with Gasteiger partial charge in [-0.05, 0) is 29.8 Å². The number of rotatable bonds is 5. The molecule has 1 heterocycles. The molecule has 0 saturated heterocycles. The van der Waals surface area contributed by atoms with E-state index in [-0.39, 0.29) is 11.6 Å². The summed E-state index contributed by atoms with van der Waals surface area (Å²) in [6, 6.07) is 13.6. The Kier molecular flexibility index (Phi) is 4.66. The van der Waals surface area contributed by atoms with Gasteiger partial charge in [0.2, 0.25) is 0 Å². The first kappa shape index (κ1) is 16.5. The number of benzene rings is 2. The van der Waals surface area contributed by atoms with Gasteiger partial charge in [-0.3, -0.25) is 0 Å². The highest BCUT2D eigenvalue weighted by Crippen LogP contribution is 2.29. The van der Waals surface area contributed by atoms with Gasteiger partial charge in [0.15, 0.2) is 0 Å². The lowest BCUT2D eigenvalue weighted by Crippen LogP contribution is -2.17. The summed E-state index contributed by atoms with van der Waals surface area (Å²) in [5.41, 5.74) is 1.28. The van der Waals surface area contributed by atoms with E-state index in [0.29, 0.717) is 11.4 Å². The topological polar surface area (TPSA) is 62.9 Å². The van der Waals surface area contributed by atoms with Crippen molar-refractivity contribution in [2.24, 2.45) is 7.05 Å². The van der Waals surface area contributed by atoms with Crippen molar-refractivity contribution in [3.63, 3.8) is 0 Å². The van der Waals surface area contributed by atoms with Gasteiger partial charge in [0.05, 0.1) is 12.8 Å². The van der Waals surface area contributed by atoms with Crippen molar-refractivity contribution < 1.29 is 9.13 Å². The fraction of sp³-hybridized carbons (Fsp3) is 0.158. The Hall–Kier alpha value is -3.33. The Labute approximate surface area is 145 Å². The van der Waals surface area contributed by atoms with Crippen LogP contribution in [0.5, 0.6) is 5.75 Å². The highest BCUT2D eigenvalue weighted by atomic mass is 19.1. The number of anilines is 1. The lowest BCUT2D eigenvalue weighted by molar-refractivity contribution is 0.414. The maximum absolute atomic E-state index is 13.9. The number of nitriles is 1. The van der Waals surface area contributed by atoms with Crippen molar-refractivity contribution in [2.75, 3.05) is 12.4 Å². The largest absolute Gasteiger partial charge is 0.497 e. The molecule has 1 atom stereocenters. The number of nitrogens with zero attached hydrogens (tertiary/aromatic N) is 3. The van der Waals surface area contributed by atoms with E-state index < -0.39 is 5.82 Å². The lowest BCUT2D eigenvalue weighted by Gasteiger charge is -2.21. The molecule has 126 valence electrons. The van der Waals surface area contributed by atoms with Crippen LogP contribution in [0.4, 0.5) is 10.1 Å². The molecule has 0 aliphatic carbocycles. The molecule has 3 aromatic rings. The van der Waals surface area contributed by atoms with E-state index in [9.17, 15) is 9.65 Å². The van der Waals surface area contributed by atoms with E-state index in [0.717, 1.165) is 11.4 Å². The van der Waals surface area contributed by atoms with Gasteiger partial charge < -0.3 is 14.6 Å². The number of aromatic nitrogens is 2. The van der Waals surface area contributed by atoms with Crippen molar-refractivity contribution in [1.29, 1.82) is 5.26 Å². The number of hydrogen-bond acceptors (Lipinski definition) is 4. The van der Waals surface area contributed by atoms with Crippen LogP contribution in [0.25, 0.3) is 0 Å². The van der Waals surface area contributed by atoms with Crippen LogP contribution in [0.1, 0.15) is 23.0 Å². The predicted molar refractivity (Wildman–Crippen MR) is 92.8 cm³/mol. The van der Waals surface area contributed by atoms with E-state index in [4.69, 9.17) is 4.74 Å². The van der Waals surface area contributed by atoms with E-state index >= 15 is 0 Å². The van der Waals surface area contributed by atoms with Gasteiger partial charge in [-0.2, -0.15) is 5.26 Å². The zero-order valence-electron chi connectivity index (χ0n) is 13.9. The molecule has 0 aliphatic heterocycles. The number of aryl methyl sites for hydroxylation is 1. The van der Waals surface area contributed by atoms with Crippen molar-refractivity contribution in [2.45, 2.75) is 6.04 Å². The Morgan fingerprint density at radius 2 is 2.08 bits per heavy atom. The Balaban J connectivity index is 2.08. The molecule has 1 aromatic heterocycles. The Morgan fingerprint density at radius 3 is 2.76 bits per heavy atom. The summed E-state index contributed by atoms with van der Waals surface area (Å²) in [7, 11) is 3.48. The average molecular weight is 336 g/mol. The van der Waals surface area contributed by atoms with Crippen LogP contribution in [0.3, 0.4) is 0 Å². The summed E-state index contributed by atoms with van der Waals surface area (Å²) in [5.74, 6) is 0.886. The summed E-state index contributed by atoms with van der Waals surface area (Å²) in [6.07, 6.45) is 3.53. The second-order valence-electron chi connectivity index (χ2n) is 5.52. The molecule has 25 heavy (non-hydrogen) atoms. The molecule has 0 amide bonds. The molecule has 0 saturated carbocycles. The molecular formula is C19H17FN4O. The summed E-state index contributed by atoms with van der Waals surface area (Å²) in [6.45, 7) is 0. The number of methoxy groups -OCH3 is 1. The number of hydrogen-bond donors (Lipinski definition) is 1. The fourth-order valence-corrected chi connectivity index (χ4v) is 2.69. The highest BCUT2D eigenvalue weighted by Gasteiger charge is 2.21. The third-order valence-corrected chi connectivity index (χ3v) is 3.97. The van der Waals surface area contributed by atoms with Gasteiger partial charge in [-0.1, -0.05) is 18.2 Å². The number of nitrogens with one attached hydrogen (secondary N) is 1. The molecule has 1 N–H and O–H groups in total. The SMILES string of the molecule is COc1cccc(C(Nc2cccc(F)c2C#N)c2nccn2C)c1. The monoisotopic (exact) mass is 336 g/mol. The van der Waals surface area contributed by atoms with Gasteiger partial charge in [-0.25, -0.2) is 9.37 Å². The molecule has 0 spiro atoms. The van der Waals surface area contributed by atoms with Crippen molar-refractivity contribution >= 4 is 5.69 Å². The molecule has 3 rings (SSSR count). The maximum Gasteiger partial charge on any atom is 0.143 e.